The van der Waals surface area contributed by atoms with E-state index in [1.807, 2.05) is 19.1 Å². The van der Waals surface area contributed by atoms with E-state index < -0.39 is 0 Å². The Morgan fingerprint density at radius 2 is 2.08 bits per heavy atom. The highest BCUT2D eigenvalue weighted by Crippen LogP contribution is 2.22. The molecule has 0 unspecified atom stereocenters. The lowest BCUT2D eigenvalue weighted by Crippen LogP contribution is -2.42. The number of piperidine rings is 1. The van der Waals surface area contributed by atoms with Gasteiger partial charge in [0.25, 0.3) is 0 Å². The summed E-state index contributed by atoms with van der Waals surface area (Å²) >= 11 is 0. The molecule has 1 fully saturated rings. The minimum Gasteiger partial charge on any atom is -0.371 e. The van der Waals surface area contributed by atoms with Gasteiger partial charge in [-0.1, -0.05) is 18.1 Å². The number of benzene rings is 1. The van der Waals surface area contributed by atoms with Crippen LogP contribution < -0.4 is 10.2 Å². The van der Waals surface area contributed by atoms with Crippen LogP contribution in [0.1, 0.15) is 31.5 Å². The molecule has 1 aliphatic rings. The molecule has 0 aliphatic carbocycles. The predicted molar refractivity (Wildman–Crippen MR) is 94.9 cm³/mol. The molecular weight excluding hydrogens is 332 g/mol. The lowest BCUT2D eigenvalue weighted by molar-refractivity contribution is 0.339. The first-order valence-corrected chi connectivity index (χ1v) is 8.95. The van der Waals surface area contributed by atoms with Crippen LogP contribution in [0.3, 0.4) is 0 Å². The monoisotopic (exact) mass is 354 g/mol. The minimum atomic E-state index is 0.464. The normalized spacial score (nSPS) is 15.5. The summed E-state index contributed by atoms with van der Waals surface area (Å²) in [7, 11) is 0. The van der Waals surface area contributed by atoms with E-state index in [1.54, 1.807) is 11.0 Å². The number of nitrogens with zero attached hydrogens (tertiary/aromatic N) is 7. The second-order valence-corrected chi connectivity index (χ2v) is 6.37. The second kappa shape index (κ2) is 7.61. The van der Waals surface area contributed by atoms with Crippen LogP contribution >= 0.6 is 0 Å². The molecule has 136 valence electrons. The minimum absolute atomic E-state index is 0.464. The summed E-state index contributed by atoms with van der Waals surface area (Å²) in [6.07, 6.45) is 4.55. The molecule has 3 aromatic rings. The third kappa shape index (κ3) is 3.72. The Morgan fingerprint density at radius 3 is 2.81 bits per heavy atom. The molecule has 1 N–H and O–H groups in total. The van der Waals surface area contributed by atoms with Gasteiger partial charge in [-0.2, -0.15) is 4.98 Å². The van der Waals surface area contributed by atoms with Crippen LogP contribution in [0.5, 0.6) is 0 Å². The molecule has 0 radical (unpaired) electrons. The molecule has 4 rings (SSSR count). The summed E-state index contributed by atoms with van der Waals surface area (Å²) in [5, 5.41) is 18.8. The first-order chi connectivity index (χ1) is 12.8. The molecule has 3 heterocycles. The Balaban J connectivity index is 1.31. The van der Waals surface area contributed by atoms with Gasteiger partial charge in [-0.3, -0.25) is 0 Å². The van der Waals surface area contributed by atoms with Crippen LogP contribution in [-0.4, -0.2) is 49.5 Å². The molecule has 26 heavy (non-hydrogen) atoms. The van der Waals surface area contributed by atoms with Crippen molar-refractivity contribution in [1.82, 2.24) is 35.7 Å². The number of hydrogen-bond donors (Lipinski definition) is 1. The summed E-state index contributed by atoms with van der Waals surface area (Å²) in [4.78, 5) is 6.74. The highest BCUT2D eigenvalue weighted by Gasteiger charge is 2.20. The fourth-order valence-electron chi connectivity index (χ4n) is 3.19. The Bertz CT molecular complexity index is 823. The van der Waals surface area contributed by atoms with Gasteiger partial charge in [0.15, 0.2) is 5.82 Å². The van der Waals surface area contributed by atoms with Gasteiger partial charge in [-0.15, -0.1) is 5.10 Å². The van der Waals surface area contributed by atoms with Crippen molar-refractivity contribution in [3.63, 3.8) is 0 Å². The van der Waals surface area contributed by atoms with Crippen molar-refractivity contribution >= 4 is 5.69 Å². The largest absolute Gasteiger partial charge is 0.371 e. The maximum Gasteiger partial charge on any atom is 0.240 e. The van der Waals surface area contributed by atoms with Gasteiger partial charge in [0.2, 0.25) is 5.89 Å². The Morgan fingerprint density at radius 1 is 1.23 bits per heavy atom. The van der Waals surface area contributed by atoms with Gasteiger partial charge in [-0.05, 0) is 41.5 Å². The highest BCUT2D eigenvalue weighted by atomic mass is 16.5. The van der Waals surface area contributed by atoms with Crippen LogP contribution in [0, 0.1) is 0 Å². The number of anilines is 1. The average molecular weight is 354 g/mol. The molecular formula is C17H22N8O. The van der Waals surface area contributed by atoms with Crippen LogP contribution in [-0.2, 0) is 13.0 Å². The van der Waals surface area contributed by atoms with E-state index in [0.29, 0.717) is 18.5 Å². The summed E-state index contributed by atoms with van der Waals surface area (Å²) < 4.78 is 6.91. The van der Waals surface area contributed by atoms with Gasteiger partial charge in [-0.25, -0.2) is 4.68 Å². The molecule has 1 saturated heterocycles. The number of aromatic nitrogens is 6. The Kier molecular flexibility index (Phi) is 4.87. The first-order valence-electron chi connectivity index (χ1n) is 8.95. The van der Waals surface area contributed by atoms with Gasteiger partial charge in [0.05, 0.1) is 12.2 Å². The molecule has 9 heteroatoms. The third-order valence-corrected chi connectivity index (χ3v) is 4.67. The van der Waals surface area contributed by atoms with E-state index in [2.05, 4.69) is 48.0 Å². The summed E-state index contributed by atoms with van der Waals surface area (Å²) in [5.74, 6) is 1.43. The molecule has 0 amide bonds. The molecule has 0 saturated carbocycles. The van der Waals surface area contributed by atoms with Crippen molar-refractivity contribution in [2.24, 2.45) is 0 Å². The van der Waals surface area contributed by atoms with E-state index in [1.165, 1.54) is 5.69 Å². The average Bonchev–Trinajstić information content (AvgIpc) is 3.39. The maximum absolute atomic E-state index is 5.23. The second-order valence-electron chi connectivity index (χ2n) is 6.37. The summed E-state index contributed by atoms with van der Waals surface area (Å²) in [6, 6.07) is 8.76. The zero-order valence-electron chi connectivity index (χ0n) is 14.7. The quantitative estimate of drug-likeness (QED) is 0.709. The number of rotatable bonds is 6. The van der Waals surface area contributed by atoms with Gasteiger partial charge >= 0.3 is 0 Å². The summed E-state index contributed by atoms with van der Waals surface area (Å²) in [5.41, 5.74) is 2.16. The van der Waals surface area contributed by atoms with Crippen LogP contribution in [0.15, 0.2) is 35.1 Å². The number of hydrogen-bond acceptors (Lipinski definition) is 8. The van der Waals surface area contributed by atoms with E-state index in [9.17, 15) is 0 Å². The maximum atomic E-state index is 5.23. The zero-order valence-corrected chi connectivity index (χ0v) is 14.7. The van der Waals surface area contributed by atoms with Crippen molar-refractivity contribution in [3.8, 4) is 5.69 Å². The van der Waals surface area contributed by atoms with Crippen molar-refractivity contribution in [3.05, 3.63) is 42.3 Å². The van der Waals surface area contributed by atoms with Crippen molar-refractivity contribution in [2.45, 2.75) is 38.8 Å². The van der Waals surface area contributed by atoms with E-state index in [-0.39, 0.29) is 0 Å². The van der Waals surface area contributed by atoms with E-state index in [0.717, 1.165) is 43.9 Å². The smallest absolute Gasteiger partial charge is 0.240 e. The molecule has 0 atom stereocenters. The number of tetrazole rings is 1. The standard InChI is InChI=1S/C17H22N8O/c1-2-16-20-17(26-21-16)11-18-13-6-8-24(9-7-13)14-4-3-5-15(10-14)25-12-19-22-23-25/h3-5,10,12-13,18H,2,6-9,11H2,1H3. The van der Waals surface area contributed by atoms with Gasteiger partial charge in [0.1, 0.15) is 6.33 Å². The van der Waals surface area contributed by atoms with Crippen LogP contribution in [0.2, 0.25) is 0 Å². The fraction of sp³-hybridized carbons (Fsp3) is 0.471. The Hall–Kier alpha value is -2.81. The molecule has 2 aromatic heterocycles. The lowest BCUT2D eigenvalue weighted by atomic mass is 10.0. The van der Waals surface area contributed by atoms with Gasteiger partial charge < -0.3 is 14.7 Å². The van der Waals surface area contributed by atoms with E-state index >= 15 is 0 Å². The van der Waals surface area contributed by atoms with Crippen molar-refractivity contribution in [1.29, 1.82) is 0 Å². The topological polar surface area (TPSA) is 97.8 Å². The van der Waals surface area contributed by atoms with Crippen molar-refractivity contribution < 1.29 is 4.52 Å². The van der Waals surface area contributed by atoms with E-state index in [4.69, 9.17) is 4.52 Å². The number of nitrogens with one attached hydrogen (secondary N) is 1. The van der Waals surface area contributed by atoms with Crippen LogP contribution in [0.4, 0.5) is 5.69 Å². The molecule has 1 aliphatic heterocycles. The lowest BCUT2D eigenvalue weighted by Gasteiger charge is -2.34. The molecule has 0 spiro atoms. The summed E-state index contributed by atoms with van der Waals surface area (Å²) in [6.45, 7) is 4.65. The molecule has 1 aromatic carbocycles. The Labute approximate surface area is 151 Å². The number of aryl methyl sites for hydroxylation is 1. The SMILES string of the molecule is CCc1noc(CNC2CCN(c3cccc(-n4cnnn4)c3)CC2)n1. The van der Waals surface area contributed by atoms with Gasteiger partial charge in [0, 0.05) is 31.2 Å². The molecule has 0 bridgehead atoms. The van der Waals surface area contributed by atoms with Crippen molar-refractivity contribution in [2.75, 3.05) is 18.0 Å². The zero-order chi connectivity index (χ0) is 17.8. The van der Waals surface area contributed by atoms with Crippen LogP contribution in [0.25, 0.3) is 5.69 Å². The first kappa shape index (κ1) is 16.6. The fourth-order valence-corrected chi connectivity index (χ4v) is 3.19. The predicted octanol–water partition coefficient (Wildman–Crippen LogP) is 1.37. The molecule has 9 nitrogen and oxygen atoms in total. The highest BCUT2D eigenvalue weighted by molar-refractivity contribution is 5.53. The third-order valence-electron chi connectivity index (χ3n) is 4.67.